The molecule has 6 heteroatoms. The second kappa shape index (κ2) is 13.3. The second-order valence-electron chi connectivity index (χ2n) is 7.63. The second-order valence-corrected chi connectivity index (χ2v) is 7.63. The number of likely N-dealkylation sites (tertiary alicyclic amines) is 1. The lowest BCUT2D eigenvalue weighted by Gasteiger charge is -2.30. The van der Waals surface area contributed by atoms with E-state index in [9.17, 15) is 0 Å². The molecule has 0 aromatic carbocycles. The van der Waals surface area contributed by atoms with Crippen LogP contribution in [0, 0.1) is 5.92 Å². The summed E-state index contributed by atoms with van der Waals surface area (Å²) in [5.41, 5.74) is 0. The summed E-state index contributed by atoms with van der Waals surface area (Å²) in [5, 5.41) is 6.78. The Bertz CT molecular complexity index is 378. The van der Waals surface area contributed by atoms with Crippen molar-refractivity contribution in [1.29, 1.82) is 0 Å². The normalized spacial score (nSPS) is 22.7. The van der Waals surface area contributed by atoms with Crippen LogP contribution in [0.15, 0.2) is 4.99 Å². The number of rotatable bonds is 11. The maximum atomic E-state index is 5.69. The molecule has 1 unspecified atom stereocenters. The fourth-order valence-electron chi connectivity index (χ4n) is 3.48. The van der Waals surface area contributed by atoms with Crippen molar-refractivity contribution >= 4 is 5.96 Å². The van der Waals surface area contributed by atoms with Crippen LogP contribution in [0.1, 0.15) is 52.4 Å². The van der Waals surface area contributed by atoms with E-state index in [2.05, 4.69) is 34.4 Å². The van der Waals surface area contributed by atoms with Crippen molar-refractivity contribution in [3.05, 3.63) is 0 Å². The van der Waals surface area contributed by atoms with Crippen LogP contribution >= 0.6 is 0 Å². The minimum Gasteiger partial charge on any atom is -0.379 e. The van der Waals surface area contributed by atoms with Crippen LogP contribution in [-0.4, -0.2) is 76.1 Å². The van der Waals surface area contributed by atoms with Gasteiger partial charge in [0.2, 0.25) is 0 Å². The molecule has 152 valence electrons. The van der Waals surface area contributed by atoms with Crippen molar-refractivity contribution in [3.8, 4) is 0 Å². The van der Waals surface area contributed by atoms with Gasteiger partial charge >= 0.3 is 0 Å². The van der Waals surface area contributed by atoms with Crippen molar-refractivity contribution in [1.82, 2.24) is 15.5 Å². The minimum absolute atomic E-state index is 0.320. The van der Waals surface area contributed by atoms with Gasteiger partial charge in [0, 0.05) is 32.8 Å². The molecule has 0 radical (unpaired) electrons. The van der Waals surface area contributed by atoms with Gasteiger partial charge in [-0.25, -0.2) is 0 Å². The van der Waals surface area contributed by atoms with Gasteiger partial charge in [-0.2, -0.15) is 0 Å². The molecule has 2 aliphatic heterocycles. The highest BCUT2D eigenvalue weighted by Gasteiger charge is 2.15. The standard InChI is InChI=1S/C20H40N4O2/c1-3-21-20(22-10-5-12-24-13-8-18(2)9-14-24)23-11-6-15-25-17-19-7-4-16-26-19/h18-19H,3-17H2,1-2H3,(H2,21,22,23). The van der Waals surface area contributed by atoms with Gasteiger partial charge in [0.25, 0.3) is 0 Å². The largest absolute Gasteiger partial charge is 0.379 e. The maximum Gasteiger partial charge on any atom is 0.191 e. The average molecular weight is 369 g/mol. The first-order valence-electron chi connectivity index (χ1n) is 10.7. The van der Waals surface area contributed by atoms with Gasteiger partial charge in [0.05, 0.1) is 12.7 Å². The predicted molar refractivity (Wildman–Crippen MR) is 108 cm³/mol. The highest BCUT2D eigenvalue weighted by Crippen LogP contribution is 2.15. The van der Waals surface area contributed by atoms with E-state index in [1.807, 2.05) is 0 Å². The van der Waals surface area contributed by atoms with Crippen LogP contribution in [0.5, 0.6) is 0 Å². The fourth-order valence-corrected chi connectivity index (χ4v) is 3.48. The van der Waals surface area contributed by atoms with Crippen LogP contribution in [0.4, 0.5) is 0 Å². The summed E-state index contributed by atoms with van der Waals surface area (Å²) in [5.74, 6) is 1.84. The quantitative estimate of drug-likeness (QED) is 0.333. The Hall–Kier alpha value is -0.850. The van der Waals surface area contributed by atoms with Crippen molar-refractivity contribution in [2.75, 3.05) is 59.1 Å². The predicted octanol–water partition coefficient (Wildman–Crippen LogP) is 2.25. The highest BCUT2D eigenvalue weighted by atomic mass is 16.5. The average Bonchev–Trinajstić information content (AvgIpc) is 3.16. The van der Waals surface area contributed by atoms with E-state index >= 15 is 0 Å². The number of guanidine groups is 1. The Morgan fingerprint density at radius 1 is 1.19 bits per heavy atom. The van der Waals surface area contributed by atoms with E-state index in [1.54, 1.807) is 0 Å². The molecule has 2 rings (SSSR count). The number of aliphatic imine (C=N–C) groups is 1. The smallest absolute Gasteiger partial charge is 0.191 e. The molecule has 2 heterocycles. The van der Waals surface area contributed by atoms with Crippen LogP contribution in [0.2, 0.25) is 0 Å². The molecular weight excluding hydrogens is 328 g/mol. The fraction of sp³-hybridized carbons (Fsp3) is 0.950. The molecule has 0 aromatic rings. The molecule has 0 bridgehead atoms. The molecule has 2 N–H and O–H groups in total. The highest BCUT2D eigenvalue weighted by molar-refractivity contribution is 5.79. The summed E-state index contributed by atoms with van der Waals surface area (Å²) in [6.07, 6.45) is 7.47. The van der Waals surface area contributed by atoms with Crippen LogP contribution in [-0.2, 0) is 9.47 Å². The van der Waals surface area contributed by atoms with Gasteiger partial charge in [-0.1, -0.05) is 6.92 Å². The molecule has 2 saturated heterocycles. The third-order valence-corrected chi connectivity index (χ3v) is 5.21. The van der Waals surface area contributed by atoms with Gasteiger partial charge in [-0.15, -0.1) is 0 Å². The number of nitrogens with one attached hydrogen (secondary N) is 2. The van der Waals surface area contributed by atoms with E-state index in [1.165, 1.54) is 45.3 Å². The molecule has 2 fully saturated rings. The van der Waals surface area contributed by atoms with Gasteiger partial charge in [0.1, 0.15) is 0 Å². The van der Waals surface area contributed by atoms with E-state index in [0.717, 1.165) is 64.2 Å². The molecule has 0 aromatic heterocycles. The third kappa shape index (κ3) is 9.19. The summed E-state index contributed by atoms with van der Waals surface area (Å²) in [7, 11) is 0. The molecule has 6 nitrogen and oxygen atoms in total. The summed E-state index contributed by atoms with van der Waals surface area (Å²) < 4.78 is 11.2. The Morgan fingerprint density at radius 2 is 2.04 bits per heavy atom. The molecule has 0 spiro atoms. The Labute approximate surface area is 160 Å². The van der Waals surface area contributed by atoms with E-state index in [4.69, 9.17) is 9.47 Å². The maximum absolute atomic E-state index is 5.69. The molecule has 0 aliphatic carbocycles. The zero-order valence-corrected chi connectivity index (χ0v) is 17.0. The first-order chi connectivity index (χ1) is 12.8. The molecular formula is C20H40N4O2. The molecule has 0 amide bonds. The molecule has 26 heavy (non-hydrogen) atoms. The Morgan fingerprint density at radius 3 is 2.77 bits per heavy atom. The van der Waals surface area contributed by atoms with Crippen molar-refractivity contribution in [2.45, 2.75) is 58.5 Å². The SMILES string of the molecule is CCNC(=NCCCOCC1CCCO1)NCCCN1CCC(C)CC1. The van der Waals surface area contributed by atoms with Gasteiger partial charge in [0.15, 0.2) is 5.96 Å². The van der Waals surface area contributed by atoms with Gasteiger partial charge in [-0.3, -0.25) is 4.99 Å². The topological polar surface area (TPSA) is 58.1 Å². The Balaban J connectivity index is 1.49. The van der Waals surface area contributed by atoms with Crippen LogP contribution in [0.3, 0.4) is 0 Å². The minimum atomic E-state index is 0.320. The number of piperidine rings is 1. The molecule has 1 atom stereocenters. The number of hydrogen-bond acceptors (Lipinski definition) is 4. The van der Waals surface area contributed by atoms with Crippen molar-refractivity contribution in [3.63, 3.8) is 0 Å². The first kappa shape index (κ1) is 21.5. The summed E-state index contributed by atoms with van der Waals surface area (Å²) >= 11 is 0. The van der Waals surface area contributed by atoms with E-state index < -0.39 is 0 Å². The van der Waals surface area contributed by atoms with Crippen LogP contribution < -0.4 is 10.6 Å². The van der Waals surface area contributed by atoms with Gasteiger partial charge < -0.3 is 25.0 Å². The van der Waals surface area contributed by atoms with Crippen molar-refractivity contribution in [2.24, 2.45) is 10.9 Å². The number of ether oxygens (including phenoxy) is 2. The monoisotopic (exact) mass is 368 g/mol. The lowest BCUT2D eigenvalue weighted by molar-refractivity contribution is 0.0171. The van der Waals surface area contributed by atoms with Gasteiger partial charge in [-0.05, 0) is 71.0 Å². The molecule has 0 saturated carbocycles. The zero-order chi connectivity index (χ0) is 18.5. The third-order valence-electron chi connectivity index (χ3n) is 5.21. The zero-order valence-electron chi connectivity index (χ0n) is 17.0. The van der Waals surface area contributed by atoms with Crippen molar-refractivity contribution < 1.29 is 9.47 Å². The lowest BCUT2D eigenvalue weighted by Crippen LogP contribution is -2.39. The molecule has 2 aliphatic rings. The number of nitrogens with zero attached hydrogens (tertiary/aromatic N) is 2. The lowest BCUT2D eigenvalue weighted by atomic mass is 9.99. The first-order valence-corrected chi connectivity index (χ1v) is 10.7. The Kier molecular flexibility index (Phi) is 11.0. The van der Waals surface area contributed by atoms with E-state index in [0.29, 0.717) is 6.10 Å². The number of hydrogen-bond donors (Lipinski definition) is 2. The summed E-state index contributed by atoms with van der Waals surface area (Å²) in [6.45, 7) is 13.3. The summed E-state index contributed by atoms with van der Waals surface area (Å²) in [6, 6.07) is 0. The van der Waals surface area contributed by atoms with E-state index in [-0.39, 0.29) is 0 Å². The summed E-state index contributed by atoms with van der Waals surface area (Å²) in [4.78, 5) is 7.24. The van der Waals surface area contributed by atoms with Crippen LogP contribution in [0.25, 0.3) is 0 Å².